The summed E-state index contributed by atoms with van der Waals surface area (Å²) in [7, 11) is 0. The molecule has 0 bridgehead atoms. The molecule has 1 aliphatic heterocycles. The molecule has 0 spiro atoms. The second-order valence-electron chi connectivity index (χ2n) is 6.02. The maximum Gasteiger partial charge on any atom is 0.146 e. The number of rotatable bonds is 5. The van der Waals surface area contributed by atoms with Gasteiger partial charge in [0.05, 0.1) is 5.02 Å². The molecule has 0 aliphatic carbocycles. The van der Waals surface area contributed by atoms with Crippen LogP contribution in [-0.4, -0.2) is 30.6 Å². The van der Waals surface area contributed by atoms with E-state index in [4.69, 9.17) is 11.6 Å². The highest BCUT2D eigenvalue weighted by Gasteiger charge is 2.23. The molecule has 0 atom stereocenters. The lowest BCUT2D eigenvalue weighted by molar-refractivity contribution is 0.136. The van der Waals surface area contributed by atoms with E-state index >= 15 is 0 Å². The Morgan fingerprint density at radius 3 is 2.70 bits per heavy atom. The summed E-state index contributed by atoms with van der Waals surface area (Å²) in [5.41, 5.74) is 0.705. The molecule has 1 heterocycles. The fourth-order valence-electron chi connectivity index (χ4n) is 2.87. The third kappa shape index (κ3) is 4.18. The van der Waals surface area contributed by atoms with Gasteiger partial charge in [-0.2, -0.15) is 0 Å². The summed E-state index contributed by atoms with van der Waals surface area (Å²) in [6, 6.07) is 5.82. The summed E-state index contributed by atoms with van der Waals surface area (Å²) in [4.78, 5) is 2.42. The minimum atomic E-state index is -0.267. The van der Waals surface area contributed by atoms with E-state index in [0.29, 0.717) is 24.1 Å². The van der Waals surface area contributed by atoms with Crippen molar-refractivity contribution in [3.8, 4) is 0 Å². The first-order valence-corrected chi connectivity index (χ1v) is 7.83. The van der Waals surface area contributed by atoms with Crippen LogP contribution >= 0.6 is 11.6 Å². The first-order valence-electron chi connectivity index (χ1n) is 7.45. The number of piperidine rings is 1. The number of halogens is 2. The Balaban J connectivity index is 2.12. The molecule has 1 saturated heterocycles. The maximum absolute atomic E-state index is 14.1. The van der Waals surface area contributed by atoms with Crippen LogP contribution in [0, 0.1) is 11.7 Å². The lowest BCUT2D eigenvalue weighted by Gasteiger charge is -2.36. The topological polar surface area (TPSA) is 15.3 Å². The molecule has 1 aromatic carbocycles. The van der Waals surface area contributed by atoms with Crippen LogP contribution in [0.25, 0.3) is 0 Å². The van der Waals surface area contributed by atoms with Crippen molar-refractivity contribution in [2.75, 3.05) is 19.6 Å². The van der Waals surface area contributed by atoms with E-state index in [-0.39, 0.29) is 10.8 Å². The van der Waals surface area contributed by atoms with Gasteiger partial charge in [-0.15, -0.1) is 0 Å². The van der Waals surface area contributed by atoms with Crippen LogP contribution in [0.3, 0.4) is 0 Å². The van der Waals surface area contributed by atoms with Crippen LogP contribution in [0.4, 0.5) is 4.39 Å². The predicted molar refractivity (Wildman–Crippen MR) is 82.5 cm³/mol. The third-order valence-corrected chi connectivity index (χ3v) is 4.12. The number of hydrogen-bond donors (Lipinski definition) is 1. The van der Waals surface area contributed by atoms with Gasteiger partial charge in [0.15, 0.2) is 0 Å². The lowest BCUT2D eigenvalue weighted by atomic mass is 10.0. The van der Waals surface area contributed by atoms with E-state index in [0.717, 1.165) is 32.5 Å². The van der Waals surface area contributed by atoms with Crippen LogP contribution in [-0.2, 0) is 6.54 Å². The second kappa shape index (κ2) is 7.39. The fraction of sp³-hybridized carbons (Fsp3) is 0.625. The molecule has 1 aromatic rings. The smallest absolute Gasteiger partial charge is 0.146 e. The Bertz CT molecular complexity index is 430. The van der Waals surface area contributed by atoms with Gasteiger partial charge in [-0.1, -0.05) is 37.6 Å². The molecule has 112 valence electrons. The lowest BCUT2D eigenvalue weighted by Crippen LogP contribution is -2.44. The average molecular weight is 299 g/mol. The van der Waals surface area contributed by atoms with E-state index < -0.39 is 0 Å². The minimum Gasteiger partial charge on any atom is -0.317 e. The fourth-order valence-corrected chi connectivity index (χ4v) is 3.07. The molecule has 1 fully saturated rings. The van der Waals surface area contributed by atoms with Crippen molar-refractivity contribution in [2.24, 2.45) is 5.92 Å². The van der Waals surface area contributed by atoms with E-state index in [1.54, 1.807) is 6.07 Å². The van der Waals surface area contributed by atoms with E-state index in [2.05, 4.69) is 24.1 Å². The molecule has 0 aromatic heterocycles. The zero-order chi connectivity index (χ0) is 14.5. The number of nitrogens with one attached hydrogen (secondary N) is 1. The Kier molecular flexibility index (Phi) is 5.82. The van der Waals surface area contributed by atoms with Crippen molar-refractivity contribution >= 4 is 11.6 Å². The Labute approximate surface area is 126 Å². The molecule has 0 amide bonds. The quantitative estimate of drug-likeness (QED) is 0.892. The number of benzene rings is 1. The molecule has 2 rings (SSSR count). The van der Waals surface area contributed by atoms with Crippen LogP contribution in [0.15, 0.2) is 18.2 Å². The zero-order valence-corrected chi connectivity index (χ0v) is 13.1. The average Bonchev–Trinajstić information content (AvgIpc) is 2.43. The summed E-state index contributed by atoms with van der Waals surface area (Å²) in [5, 5.41) is 3.61. The van der Waals surface area contributed by atoms with Crippen molar-refractivity contribution in [2.45, 2.75) is 39.3 Å². The van der Waals surface area contributed by atoms with Gasteiger partial charge < -0.3 is 5.32 Å². The van der Waals surface area contributed by atoms with Gasteiger partial charge in [0.1, 0.15) is 5.82 Å². The SMILES string of the molecule is CC(C)CN(Cc1cccc(Cl)c1F)C1CCNCC1. The van der Waals surface area contributed by atoms with E-state index in [9.17, 15) is 4.39 Å². The molecular formula is C16H24ClFN2. The van der Waals surface area contributed by atoms with Gasteiger partial charge in [0.2, 0.25) is 0 Å². The van der Waals surface area contributed by atoms with Crippen LogP contribution in [0.1, 0.15) is 32.3 Å². The first-order chi connectivity index (χ1) is 9.58. The van der Waals surface area contributed by atoms with Gasteiger partial charge in [-0.3, -0.25) is 4.90 Å². The second-order valence-corrected chi connectivity index (χ2v) is 6.42. The van der Waals surface area contributed by atoms with Gasteiger partial charge in [-0.05, 0) is 37.9 Å². The van der Waals surface area contributed by atoms with E-state index in [1.807, 2.05) is 12.1 Å². The Morgan fingerprint density at radius 1 is 1.35 bits per heavy atom. The third-order valence-electron chi connectivity index (χ3n) is 3.83. The molecular weight excluding hydrogens is 275 g/mol. The highest BCUT2D eigenvalue weighted by molar-refractivity contribution is 6.30. The van der Waals surface area contributed by atoms with E-state index in [1.165, 1.54) is 0 Å². The van der Waals surface area contributed by atoms with Crippen molar-refractivity contribution in [1.82, 2.24) is 10.2 Å². The normalized spacial score (nSPS) is 17.1. The summed E-state index contributed by atoms with van der Waals surface area (Å²) in [5.74, 6) is 0.309. The minimum absolute atomic E-state index is 0.220. The van der Waals surface area contributed by atoms with Crippen LogP contribution in [0.2, 0.25) is 5.02 Å². The summed E-state index contributed by atoms with van der Waals surface area (Å²) in [6.07, 6.45) is 2.27. The van der Waals surface area contributed by atoms with Crippen molar-refractivity contribution in [1.29, 1.82) is 0 Å². The number of hydrogen-bond acceptors (Lipinski definition) is 2. The molecule has 0 unspecified atom stereocenters. The molecule has 4 heteroatoms. The standard InChI is InChI=1S/C16H24ClFN2/c1-12(2)10-20(14-6-8-19-9-7-14)11-13-4-3-5-15(17)16(13)18/h3-5,12,14,19H,6-11H2,1-2H3. The highest BCUT2D eigenvalue weighted by atomic mass is 35.5. The molecule has 0 saturated carbocycles. The molecule has 20 heavy (non-hydrogen) atoms. The van der Waals surface area contributed by atoms with Crippen molar-refractivity contribution in [3.05, 3.63) is 34.6 Å². The van der Waals surface area contributed by atoms with Gasteiger partial charge in [0.25, 0.3) is 0 Å². The van der Waals surface area contributed by atoms with Crippen LogP contribution in [0.5, 0.6) is 0 Å². The van der Waals surface area contributed by atoms with Gasteiger partial charge in [-0.25, -0.2) is 4.39 Å². The van der Waals surface area contributed by atoms with Crippen molar-refractivity contribution < 1.29 is 4.39 Å². The number of nitrogens with zero attached hydrogens (tertiary/aromatic N) is 1. The highest BCUT2D eigenvalue weighted by Crippen LogP contribution is 2.22. The van der Waals surface area contributed by atoms with Gasteiger partial charge in [0, 0.05) is 24.7 Å². The maximum atomic E-state index is 14.1. The van der Waals surface area contributed by atoms with Crippen LogP contribution < -0.4 is 5.32 Å². The largest absolute Gasteiger partial charge is 0.317 e. The monoisotopic (exact) mass is 298 g/mol. The summed E-state index contributed by atoms with van der Waals surface area (Å²) < 4.78 is 14.1. The molecule has 1 aliphatic rings. The molecule has 1 N–H and O–H groups in total. The summed E-state index contributed by atoms with van der Waals surface area (Å²) in [6.45, 7) is 8.17. The first kappa shape index (κ1) is 15.7. The Morgan fingerprint density at radius 2 is 2.05 bits per heavy atom. The predicted octanol–water partition coefficient (Wildman–Crippen LogP) is 3.69. The molecule has 0 radical (unpaired) electrons. The molecule has 2 nitrogen and oxygen atoms in total. The Hall–Kier alpha value is -0.640. The zero-order valence-electron chi connectivity index (χ0n) is 12.3. The summed E-state index contributed by atoms with van der Waals surface area (Å²) >= 11 is 5.89. The van der Waals surface area contributed by atoms with Gasteiger partial charge >= 0.3 is 0 Å². The van der Waals surface area contributed by atoms with Crippen molar-refractivity contribution in [3.63, 3.8) is 0 Å².